The maximum Gasteiger partial charge on any atom is 0.358 e. The topological polar surface area (TPSA) is 86.3 Å². The molecule has 5 atom stereocenters. The Hall–Kier alpha value is -0.0100. The molecule has 2 fully saturated rings. The molecule has 130 valence electrons. The minimum Gasteiger partial charge on any atom is -0.380 e. The summed E-state index contributed by atoms with van der Waals surface area (Å²) in [5, 5.41) is 13.7. The van der Waals surface area contributed by atoms with Crippen molar-refractivity contribution in [3.63, 3.8) is 0 Å². The maximum atomic E-state index is 12.6. The number of ether oxygens (including phenoxy) is 2. The molecule has 0 unspecified atom stereocenters. The lowest BCUT2D eigenvalue weighted by Crippen LogP contribution is -2.39. The number of aliphatic hydroxyl groups is 1. The van der Waals surface area contributed by atoms with Gasteiger partial charge in [0, 0.05) is 18.5 Å². The first-order chi connectivity index (χ1) is 10.2. The third kappa shape index (κ3) is 3.73. The number of hydrogen-bond acceptors (Lipinski definition) is 7. The summed E-state index contributed by atoms with van der Waals surface area (Å²) in [7, 11) is -3.53. The molecule has 0 aromatic rings. The van der Waals surface area contributed by atoms with Gasteiger partial charge in [0.2, 0.25) is 0 Å². The molecule has 8 heteroatoms. The standard InChI is InChI=1S/C14H28NO6P/c1-6-18-22(17,19-7-2)11(16)8-10-13-12(9(3)15-10)20-14(4,5)21-13/h9-13,15-16H,6-8H2,1-5H3/t9-,10-,11-,12+,13-/m0/s1. The zero-order chi connectivity index (χ0) is 16.5. The first kappa shape index (κ1) is 18.3. The molecule has 0 saturated carbocycles. The summed E-state index contributed by atoms with van der Waals surface area (Å²) in [4.78, 5) is 0. The van der Waals surface area contributed by atoms with E-state index in [1.807, 2.05) is 20.8 Å². The Bertz CT molecular complexity index is 422. The van der Waals surface area contributed by atoms with Gasteiger partial charge in [-0.1, -0.05) is 0 Å². The van der Waals surface area contributed by atoms with Crippen LogP contribution >= 0.6 is 7.60 Å². The molecule has 0 bridgehead atoms. The van der Waals surface area contributed by atoms with E-state index in [0.29, 0.717) is 0 Å². The lowest BCUT2D eigenvalue weighted by Gasteiger charge is -2.27. The summed E-state index contributed by atoms with van der Waals surface area (Å²) in [6.45, 7) is 9.65. The molecular weight excluding hydrogens is 309 g/mol. The van der Waals surface area contributed by atoms with E-state index in [9.17, 15) is 9.67 Å². The average Bonchev–Trinajstić information content (AvgIpc) is 2.86. The van der Waals surface area contributed by atoms with E-state index in [-0.39, 0.29) is 43.9 Å². The van der Waals surface area contributed by atoms with E-state index < -0.39 is 19.2 Å². The number of hydrogen-bond donors (Lipinski definition) is 2. The van der Waals surface area contributed by atoms with Crippen LogP contribution in [-0.4, -0.2) is 54.2 Å². The Morgan fingerprint density at radius 3 is 2.32 bits per heavy atom. The number of aliphatic hydroxyl groups excluding tert-OH is 1. The second-order valence-corrected chi connectivity index (χ2v) is 8.41. The van der Waals surface area contributed by atoms with Gasteiger partial charge in [-0.05, 0) is 34.6 Å². The van der Waals surface area contributed by atoms with Gasteiger partial charge in [-0.2, -0.15) is 0 Å². The lowest BCUT2D eigenvalue weighted by molar-refractivity contribution is -0.156. The molecule has 0 aromatic carbocycles. The van der Waals surface area contributed by atoms with Crippen LogP contribution in [0.2, 0.25) is 0 Å². The van der Waals surface area contributed by atoms with Crippen LogP contribution in [0.5, 0.6) is 0 Å². The van der Waals surface area contributed by atoms with Crippen molar-refractivity contribution < 1.29 is 28.2 Å². The summed E-state index contributed by atoms with van der Waals surface area (Å²) in [5.41, 5.74) is 0. The smallest absolute Gasteiger partial charge is 0.358 e. The highest BCUT2D eigenvalue weighted by Crippen LogP contribution is 2.54. The maximum absolute atomic E-state index is 12.6. The second kappa shape index (κ2) is 6.85. The molecule has 2 N–H and O–H groups in total. The Morgan fingerprint density at radius 2 is 1.77 bits per heavy atom. The fourth-order valence-electron chi connectivity index (χ4n) is 3.17. The van der Waals surface area contributed by atoms with Crippen molar-refractivity contribution in [1.82, 2.24) is 5.32 Å². The molecule has 22 heavy (non-hydrogen) atoms. The fraction of sp³-hybridized carbons (Fsp3) is 1.00. The highest BCUT2D eigenvalue weighted by atomic mass is 31.2. The normalized spacial score (nSPS) is 35.5. The molecule has 2 rings (SSSR count). The van der Waals surface area contributed by atoms with Gasteiger partial charge >= 0.3 is 7.60 Å². The van der Waals surface area contributed by atoms with E-state index >= 15 is 0 Å². The average molecular weight is 337 g/mol. The summed E-state index contributed by atoms with van der Waals surface area (Å²) >= 11 is 0. The first-order valence-corrected chi connectivity index (χ1v) is 9.52. The zero-order valence-electron chi connectivity index (χ0n) is 13.9. The zero-order valence-corrected chi connectivity index (χ0v) is 14.8. The quantitative estimate of drug-likeness (QED) is 0.686. The van der Waals surface area contributed by atoms with Crippen molar-refractivity contribution >= 4 is 7.60 Å². The van der Waals surface area contributed by atoms with Crippen LogP contribution in [0.1, 0.15) is 41.0 Å². The molecular formula is C14H28NO6P. The SMILES string of the molecule is CCOP(=O)(OCC)[C@H](O)C[C@@H]1N[C@@H](C)[C@H]2OC(C)(C)O[C@H]21. The van der Waals surface area contributed by atoms with Crippen molar-refractivity contribution in [1.29, 1.82) is 0 Å². The largest absolute Gasteiger partial charge is 0.380 e. The minimum atomic E-state index is -3.53. The summed E-state index contributed by atoms with van der Waals surface area (Å²) in [6, 6.07) is -0.0615. The molecule has 0 aromatic heterocycles. The van der Waals surface area contributed by atoms with Crippen molar-refractivity contribution in [3.05, 3.63) is 0 Å². The monoisotopic (exact) mass is 337 g/mol. The summed E-state index contributed by atoms with van der Waals surface area (Å²) in [5.74, 6) is -1.83. The Balaban J connectivity index is 2.05. The van der Waals surface area contributed by atoms with E-state index in [0.717, 1.165) is 0 Å². The van der Waals surface area contributed by atoms with Gasteiger partial charge in [0.1, 0.15) is 12.2 Å². The molecule has 2 aliphatic rings. The molecule has 2 heterocycles. The molecule has 2 saturated heterocycles. The summed E-state index contributed by atoms with van der Waals surface area (Å²) < 4.78 is 34.8. The van der Waals surface area contributed by atoms with Crippen LogP contribution < -0.4 is 5.32 Å². The minimum absolute atomic E-state index is 0.0780. The molecule has 0 aliphatic carbocycles. The van der Waals surface area contributed by atoms with Crippen LogP contribution in [0.4, 0.5) is 0 Å². The highest BCUT2D eigenvalue weighted by molar-refractivity contribution is 7.54. The van der Waals surface area contributed by atoms with Gasteiger partial charge in [0.05, 0.1) is 13.2 Å². The third-order valence-corrected chi connectivity index (χ3v) is 6.15. The van der Waals surface area contributed by atoms with Gasteiger partial charge < -0.3 is 28.9 Å². The van der Waals surface area contributed by atoms with Gasteiger partial charge in [-0.25, -0.2) is 0 Å². The fourth-order valence-corrected chi connectivity index (χ4v) is 4.79. The van der Waals surface area contributed by atoms with Crippen LogP contribution in [0.3, 0.4) is 0 Å². The Labute approximate surface area is 132 Å². The molecule has 0 amide bonds. The highest BCUT2D eigenvalue weighted by Gasteiger charge is 2.53. The van der Waals surface area contributed by atoms with E-state index in [4.69, 9.17) is 18.5 Å². The van der Waals surface area contributed by atoms with Gasteiger partial charge in [0.15, 0.2) is 11.6 Å². The van der Waals surface area contributed by atoms with Crippen molar-refractivity contribution in [2.24, 2.45) is 0 Å². The van der Waals surface area contributed by atoms with E-state index in [1.165, 1.54) is 0 Å². The first-order valence-electron chi connectivity index (χ1n) is 7.91. The Kier molecular flexibility index (Phi) is 5.71. The predicted octanol–water partition coefficient (Wildman–Crippen LogP) is 1.84. The lowest BCUT2D eigenvalue weighted by atomic mass is 10.1. The number of nitrogens with one attached hydrogen (secondary N) is 1. The van der Waals surface area contributed by atoms with E-state index in [1.54, 1.807) is 13.8 Å². The van der Waals surface area contributed by atoms with Crippen molar-refractivity contribution in [3.8, 4) is 0 Å². The number of rotatable bonds is 7. The number of fused-ring (bicyclic) bond motifs is 1. The van der Waals surface area contributed by atoms with Gasteiger partial charge in [-0.3, -0.25) is 4.57 Å². The second-order valence-electron chi connectivity index (χ2n) is 6.22. The van der Waals surface area contributed by atoms with E-state index in [2.05, 4.69) is 5.32 Å². The van der Waals surface area contributed by atoms with Gasteiger partial charge in [0.25, 0.3) is 0 Å². The van der Waals surface area contributed by atoms with Crippen molar-refractivity contribution in [2.45, 2.75) is 77.0 Å². The predicted molar refractivity (Wildman–Crippen MR) is 81.7 cm³/mol. The molecule has 2 aliphatic heterocycles. The van der Waals surface area contributed by atoms with Crippen LogP contribution in [-0.2, 0) is 23.1 Å². The van der Waals surface area contributed by atoms with Crippen LogP contribution in [0.15, 0.2) is 0 Å². The Morgan fingerprint density at radius 1 is 1.23 bits per heavy atom. The van der Waals surface area contributed by atoms with Crippen LogP contribution in [0.25, 0.3) is 0 Å². The van der Waals surface area contributed by atoms with Crippen molar-refractivity contribution in [2.75, 3.05) is 13.2 Å². The third-order valence-electron chi connectivity index (χ3n) is 3.98. The van der Waals surface area contributed by atoms with Crippen LogP contribution in [0, 0.1) is 0 Å². The molecule has 0 spiro atoms. The van der Waals surface area contributed by atoms with Gasteiger partial charge in [-0.15, -0.1) is 0 Å². The molecule has 0 radical (unpaired) electrons. The molecule has 7 nitrogen and oxygen atoms in total. The summed E-state index contributed by atoms with van der Waals surface area (Å²) in [6.07, 6.45) is -0.0375.